The molecule has 202 valence electrons. The number of carbonyl (C=O) groups excluding carboxylic acids is 1. The van der Waals surface area contributed by atoms with Crippen LogP contribution in [-0.4, -0.2) is 37.1 Å². The molecular weight excluding hydrogens is 556 g/mol. The number of ether oxygens (including phenoxy) is 2. The van der Waals surface area contributed by atoms with Crippen molar-refractivity contribution in [3.63, 3.8) is 0 Å². The number of hydrogen-bond donors (Lipinski definition) is 2. The van der Waals surface area contributed by atoms with Gasteiger partial charge < -0.3 is 25.2 Å². The van der Waals surface area contributed by atoms with Crippen LogP contribution >= 0.6 is 15.9 Å². The summed E-state index contributed by atoms with van der Waals surface area (Å²) in [4.78, 5) is 12.0. The molecule has 1 saturated heterocycles. The van der Waals surface area contributed by atoms with E-state index in [2.05, 4.69) is 22.9 Å². The maximum absolute atomic E-state index is 14.5. The van der Waals surface area contributed by atoms with Crippen LogP contribution < -0.4 is 5.73 Å². The van der Waals surface area contributed by atoms with Gasteiger partial charge in [-0.15, -0.1) is 0 Å². The highest BCUT2D eigenvalue weighted by Gasteiger charge is 2.44. The summed E-state index contributed by atoms with van der Waals surface area (Å²) in [5, 5.41) is 8.84. The maximum Gasteiger partial charge on any atom is 0.308 e. The number of benzene rings is 2. The Morgan fingerprint density at radius 1 is 1.26 bits per heavy atom. The van der Waals surface area contributed by atoms with Gasteiger partial charge >= 0.3 is 5.97 Å². The summed E-state index contributed by atoms with van der Waals surface area (Å²) >= 11 is 3.72. The SMILES string of the molecule is COC(=O)C1CC(C)(CCc2c(C3CCOCC3)n(-c3ccc(F)c(F)c3)c3cc(C=N)c(N)c(Br)c23)C1. The molecule has 2 aromatic carbocycles. The Balaban J connectivity index is 1.69. The van der Waals surface area contributed by atoms with Crippen LogP contribution in [-0.2, 0) is 20.7 Å². The van der Waals surface area contributed by atoms with Crippen LogP contribution in [0.3, 0.4) is 0 Å². The predicted octanol–water partition coefficient (Wildman–Crippen LogP) is 6.67. The first-order chi connectivity index (χ1) is 18.2. The number of halogens is 3. The lowest BCUT2D eigenvalue weighted by atomic mass is 9.61. The van der Waals surface area contributed by atoms with E-state index in [4.69, 9.17) is 20.6 Å². The number of carbonyl (C=O) groups is 1. The van der Waals surface area contributed by atoms with E-state index in [0.717, 1.165) is 66.8 Å². The largest absolute Gasteiger partial charge is 0.469 e. The molecule has 0 spiro atoms. The summed E-state index contributed by atoms with van der Waals surface area (Å²) in [5.41, 5.74) is 10.9. The number of aryl methyl sites for hydroxylation is 1. The highest BCUT2D eigenvalue weighted by atomic mass is 79.9. The van der Waals surface area contributed by atoms with Gasteiger partial charge in [-0.3, -0.25) is 4.79 Å². The van der Waals surface area contributed by atoms with Crippen LogP contribution in [0.4, 0.5) is 14.5 Å². The molecule has 3 aromatic rings. The Hall–Kier alpha value is -2.78. The molecule has 1 aliphatic carbocycles. The minimum atomic E-state index is -0.915. The molecule has 0 bridgehead atoms. The lowest BCUT2D eigenvalue weighted by molar-refractivity contribution is -0.153. The Morgan fingerprint density at radius 2 is 1.97 bits per heavy atom. The molecule has 9 heteroatoms. The number of aromatic nitrogens is 1. The number of anilines is 1. The zero-order valence-corrected chi connectivity index (χ0v) is 23.2. The highest BCUT2D eigenvalue weighted by Crippen LogP contribution is 2.51. The quantitative estimate of drug-likeness (QED) is 0.183. The zero-order chi connectivity index (χ0) is 27.2. The van der Waals surface area contributed by atoms with E-state index in [-0.39, 0.29) is 23.2 Å². The van der Waals surface area contributed by atoms with Crippen molar-refractivity contribution in [2.45, 2.75) is 51.4 Å². The molecule has 1 saturated carbocycles. The predicted molar refractivity (Wildman–Crippen MR) is 147 cm³/mol. The molecule has 38 heavy (non-hydrogen) atoms. The van der Waals surface area contributed by atoms with Crippen LogP contribution in [0.15, 0.2) is 28.7 Å². The van der Waals surface area contributed by atoms with Crippen molar-refractivity contribution in [2.24, 2.45) is 11.3 Å². The third kappa shape index (κ3) is 4.64. The molecular formula is C29H32BrF2N3O3. The summed E-state index contributed by atoms with van der Waals surface area (Å²) in [7, 11) is 1.43. The number of nitrogens with one attached hydrogen (secondary N) is 1. The number of nitrogens with two attached hydrogens (primary N) is 1. The van der Waals surface area contributed by atoms with Crippen molar-refractivity contribution in [2.75, 3.05) is 26.1 Å². The van der Waals surface area contributed by atoms with Crippen molar-refractivity contribution >= 4 is 44.7 Å². The lowest BCUT2D eigenvalue weighted by Crippen LogP contribution is -2.39. The monoisotopic (exact) mass is 587 g/mol. The molecule has 0 unspecified atom stereocenters. The minimum Gasteiger partial charge on any atom is -0.469 e. The van der Waals surface area contributed by atoms with Gasteiger partial charge in [0.25, 0.3) is 0 Å². The first-order valence-electron chi connectivity index (χ1n) is 12.9. The van der Waals surface area contributed by atoms with Crippen LogP contribution in [0.2, 0.25) is 0 Å². The number of fused-ring (bicyclic) bond motifs is 1. The highest BCUT2D eigenvalue weighted by molar-refractivity contribution is 9.10. The van der Waals surface area contributed by atoms with Crippen molar-refractivity contribution in [1.29, 1.82) is 5.41 Å². The summed E-state index contributed by atoms with van der Waals surface area (Å²) in [6, 6.07) is 5.82. The molecule has 1 aromatic heterocycles. The molecule has 3 N–H and O–H groups in total. The fourth-order valence-electron chi connectivity index (χ4n) is 6.30. The fraction of sp³-hybridized carbons (Fsp3) is 0.448. The van der Waals surface area contributed by atoms with Gasteiger partial charge in [-0.2, -0.15) is 0 Å². The van der Waals surface area contributed by atoms with E-state index in [1.807, 2.05) is 10.6 Å². The molecule has 2 fully saturated rings. The molecule has 6 nitrogen and oxygen atoms in total. The van der Waals surface area contributed by atoms with E-state index >= 15 is 0 Å². The van der Waals surface area contributed by atoms with Gasteiger partial charge in [0, 0.05) is 53.7 Å². The zero-order valence-electron chi connectivity index (χ0n) is 21.6. The molecule has 0 radical (unpaired) electrons. The molecule has 2 aliphatic rings. The maximum atomic E-state index is 14.5. The van der Waals surface area contributed by atoms with Crippen molar-refractivity contribution in [1.82, 2.24) is 4.57 Å². The molecule has 2 heterocycles. The van der Waals surface area contributed by atoms with Gasteiger partial charge in [-0.1, -0.05) is 6.92 Å². The number of hydrogen-bond acceptors (Lipinski definition) is 5. The third-order valence-corrected chi connectivity index (χ3v) is 9.15. The van der Waals surface area contributed by atoms with Gasteiger partial charge in [0.1, 0.15) is 0 Å². The van der Waals surface area contributed by atoms with Gasteiger partial charge in [0.15, 0.2) is 11.6 Å². The molecule has 0 amide bonds. The summed E-state index contributed by atoms with van der Waals surface area (Å²) in [6.07, 6.45) is 5.94. The first-order valence-corrected chi connectivity index (χ1v) is 13.7. The van der Waals surface area contributed by atoms with Crippen LogP contribution in [0, 0.1) is 28.4 Å². The Bertz CT molecular complexity index is 1410. The standard InChI is InChI=1S/C29H32BrF2N3O3/c1-29(13-18(14-29)28(36)37-2)8-5-20-24-23(11-17(15-33)26(34)25(24)30)35(19-3-4-21(31)22(32)12-19)27(20)16-6-9-38-10-7-16/h3-4,11-12,15-16,18,33H,5-10,13-14,34H2,1-2H3. The average Bonchev–Trinajstić information content (AvgIpc) is 3.23. The summed E-state index contributed by atoms with van der Waals surface area (Å²) < 4.78 is 41.8. The number of esters is 1. The van der Waals surface area contributed by atoms with Gasteiger partial charge in [-0.25, -0.2) is 8.78 Å². The Kier molecular flexibility index (Phi) is 7.35. The molecule has 5 rings (SSSR count). The number of rotatable bonds is 7. The van der Waals surface area contributed by atoms with E-state index < -0.39 is 11.6 Å². The topological polar surface area (TPSA) is 90.3 Å². The van der Waals surface area contributed by atoms with E-state index in [9.17, 15) is 13.6 Å². The molecule has 0 atom stereocenters. The van der Waals surface area contributed by atoms with Crippen LogP contribution in [0.5, 0.6) is 0 Å². The van der Waals surface area contributed by atoms with E-state index in [1.54, 1.807) is 6.07 Å². The normalized spacial score (nSPS) is 21.9. The van der Waals surface area contributed by atoms with Crippen molar-refractivity contribution in [3.05, 3.63) is 57.2 Å². The van der Waals surface area contributed by atoms with E-state index in [1.165, 1.54) is 19.4 Å². The second-order valence-corrected chi connectivity index (χ2v) is 11.6. The van der Waals surface area contributed by atoms with Crippen LogP contribution in [0.1, 0.15) is 61.8 Å². The Labute approximate surface area is 229 Å². The van der Waals surface area contributed by atoms with Crippen LogP contribution in [0.25, 0.3) is 16.6 Å². The van der Waals surface area contributed by atoms with Gasteiger partial charge in [0.05, 0.1) is 28.7 Å². The smallest absolute Gasteiger partial charge is 0.308 e. The van der Waals surface area contributed by atoms with Crippen molar-refractivity contribution < 1.29 is 23.0 Å². The minimum absolute atomic E-state index is 0.00483. The first kappa shape index (κ1) is 26.8. The lowest BCUT2D eigenvalue weighted by Gasteiger charge is -2.44. The second kappa shape index (κ2) is 10.4. The average molecular weight is 588 g/mol. The van der Waals surface area contributed by atoms with Gasteiger partial charge in [0.2, 0.25) is 0 Å². The van der Waals surface area contributed by atoms with Crippen molar-refractivity contribution in [3.8, 4) is 5.69 Å². The van der Waals surface area contributed by atoms with E-state index in [0.29, 0.717) is 34.6 Å². The number of nitrogen functional groups attached to an aromatic ring is 1. The number of methoxy groups -OCH3 is 1. The van der Waals surface area contributed by atoms with Gasteiger partial charge in [-0.05, 0) is 83.6 Å². The Morgan fingerprint density at radius 3 is 2.61 bits per heavy atom. The summed E-state index contributed by atoms with van der Waals surface area (Å²) in [6.45, 7) is 3.44. The fourth-order valence-corrected chi connectivity index (χ4v) is 6.97. The summed E-state index contributed by atoms with van der Waals surface area (Å²) in [5.74, 6) is -1.90. The second-order valence-electron chi connectivity index (χ2n) is 10.9. The third-order valence-electron chi connectivity index (χ3n) is 8.32. The number of nitrogens with zero attached hydrogens (tertiary/aromatic N) is 1. The molecule has 1 aliphatic heterocycles.